The zero-order chi connectivity index (χ0) is 46.3. The topological polar surface area (TPSA) is 102 Å². The summed E-state index contributed by atoms with van der Waals surface area (Å²) in [6, 6.07) is 10.1. The molecule has 1 aromatic carbocycles. The number of fused-ring (bicyclic) bond motifs is 2. The standard InChI is InChI=1S/C55H88N2O6S/c1-12-16-45-53(10)22-21-46(63-48(59)41-33-40(49(41,4)5)47(58)62-36-38-17-14-13-15-18-38)50(6,7)44(53)20-23-54(45,11)52(9)27-28-55(24-19-39(42(55)34-52)51(8)25-26-51)56-35-43(37(2)3)57-29-31-64(60,61)32-30-57/h13-15,17-18,37,39-46,56H,12,16,19-36H2,1-11H3/t39-,40+,41-,42+,43-,44+,45-,46+,52-,53+,54-,55+/m1/s1. The van der Waals surface area contributed by atoms with E-state index >= 15 is 0 Å². The van der Waals surface area contributed by atoms with E-state index in [-0.39, 0.29) is 75.2 Å². The third-order valence-electron chi connectivity index (χ3n) is 21.4. The van der Waals surface area contributed by atoms with Crippen molar-refractivity contribution < 1.29 is 27.5 Å². The van der Waals surface area contributed by atoms with Gasteiger partial charge in [0.1, 0.15) is 12.7 Å². The molecule has 12 atom stereocenters. The molecule has 0 amide bonds. The molecule has 1 aliphatic heterocycles. The Bertz CT molecular complexity index is 1960. The van der Waals surface area contributed by atoms with Crippen LogP contribution in [0, 0.1) is 73.9 Å². The Kier molecular flexibility index (Phi) is 13.0. The van der Waals surface area contributed by atoms with Gasteiger partial charge < -0.3 is 14.8 Å². The highest BCUT2D eigenvalue weighted by atomic mass is 32.2. The molecule has 6 aliphatic carbocycles. The van der Waals surface area contributed by atoms with Gasteiger partial charge in [-0.2, -0.15) is 0 Å². The molecular formula is C55H88N2O6S. The largest absolute Gasteiger partial charge is 0.462 e. The van der Waals surface area contributed by atoms with E-state index in [1.165, 1.54) is 70.6 Å². The Hall–Kier alpha value is -1.97. The molecule has 1 aromatic rings. The lowest BCUT2D eigenvalue weighted by molar-refractivity contribution is -0.223. The van der Waals surface area contributed by atoms with Crippen molar-refractivity contribution in [2.75, 3.05) is 31.1 Å². The summed E-state index contributed by atoms with van der Waals surface area (Å²) in [6.07, 6.45) is 16.3. The van der Waals surface area contributed by atoms with Crippen LogP contribution in [0.1, 0.15) is 172 Å². The lowest BCUT2D eigenvalue weighted by Gasteiger charge is -2.69. The molecule has 1 saturated heterocycles. The summed E-state index contributed by atoms with van der Waals surface area (Å²) in [5.74, 6) is 2.55. The van der Waals surface area contributed by atoms with Crippen LogP contribution < -0.4 is 5.32 Å². The van der Waals surface area contributed by atoms with E-state index < -0.39 is 15.3 Å². The van der Waals surface area contributed by atoms with Crippen LogP contribution in [0.4, 0.5) is 0 Å². The van der Waals surface area contributed by atoms with E-state index in [0.29, 0.717) is 54.6 Å². The molecule has 0 unspecified atom stereocenters. The van der Waals surface area contributed by atoms with Gasteiger partial charge >= 0.3 is 11.9 Å². The number of carbonyl (C=O) groups is 2. The van der Waals surface area contributed by atoms with Crippen molar-refractivity contribution in [2.45, 2.75) is 190 Å². The highest BCUT2D eigenvalue weighted by Crippen LogP contribution is 2.74. The van der Waals surface area contributed by atoms with E-state index in [9.17, 15) is 18.0 Å². The Labute approximate surface area is 389 Å². The summed E-state index contributed by atoms with van der Waals surface area (Å²) >= 11 is 0. The SMILES string of the molecule is CCC[C@@H]1[C@@]2(C)CC[C@H](OC(=O)[C@H]3C[C@@H](C(=O)OCc4ccccc4)C3(C)C)C(C)(C)[C@@H]2CC[C@@]1(C)[C@]1(C)CC[C@@]2(NC[C@H](C(C)C)N3CCS(=O)(=O)CC3)CC[C@@H](C3(C)CC3)[C@@H]2C1. The minimum Gasteiger partial charge on any atom is -0.462 e. The van der Waals surface area contributed by atoms with Crippen molar-refractivity contribution in [3.8, 4) is 0 Å². The number of hydrogen-bond acceptors (Lipinski definition) is 8. The maximum absolute atomic E-state index is 14.1. The minimum atomic E-state index is -2.92. The first-order chi connectivity index (χ1) is 30.0. The van der Waals surface area contributed by atoms with Gasteiger partial charge in [-0.3, -0.25) is 14.5 Å². The predicted octanol–water partition coefficient (Wildman–Crippen LogP) is 11.1. The fourth-order valence-electron chi connectivity index (χ4n) is 16.5. The Morgan fingerprint density at radius 3 is 2.09 bits per heavy atom. The van der Waals surface area contributed by atoms with Crippen LogP contribution in [0.2, 0.25) is 0 Å². The van der Waals surface area contributed by atoms with Crippen LogP contribution in [-0.4, -0.2) is 74.1 Å². The number of carbonyl (C=O) groups excluding carboxylic acids is 2. The molecule has 360 valence electrons. The molecule has 0 aromatic heterocycles. The van der Waals surface area contributed by atoms with Gasteiger partial charge in [0.05, 0.1) is 23.3 Å². The summed E-state index contributed by atoms with van der Waals surface area (Å²) in [5, 5.41) is 4.39. The summed E-state index contributed by atoms with van der Waals surface area (Å²) < 4.78 is 37.2. The predicted molar refractivity (Wildman–Crippen MR) is 257 cm³/mol. The van der Waals surface area contributed by atoms with Gasteiger partial charge in [0.25, 0.3) is 0 Å². The summed E-state index contributed by atoms with van der Waals surface area (Å²) in [4.78, 5) is 29.8. The third-order valence-corrected chi connectivity index (χ3v) is 23.0. The highest BCUT2D eigenvalue weighted by molar-refractivity contribution is 7.91. The molecule has 64 heavy (non-hydrogen) atoms. The van der Waals surface area contributed by atoms with Crippen LogP contribution >= 0.6 is 0 Å². The fraction of sp³-hybridized carbons (Fsp3) is 0.855. The van der Waals surface area contributed by atoms with E-state index in [2.05, 4.69) is 72.5 Å². The number of nitrogens with zero attached hydrogens (tertiary/aromatic N) is 1. The van der Waals surface area contributed by atoms with Crippen LogP contribution in [-0.2, 0) is 35.5 Å². The maximum atomic E-state index is 14.1. The normalized spacial score (nSPS) is 41.2. The van der Waals surface area contributed by atoms with Gasteiger partial charge in [0.2, 0.25) is 0 Å². The quantitative estimate of drug-likeness (QED) is 0.184. The molecule has 8 nitrogen and oxygen atoms in total. The van der Waals surface area contributed by atoms with E-state index in [1.54, 1.807) is 0 Å². The van der Waals surface area contributed by atoms with Gasteiger partial charge in [-0.05, 0) is 146 Å². The van der Waals surface area contributed by atoms with Gasteiger partial charge in [-0.1, -0.05) is 113 Å². The average molecular weight is 905 g/mol. The molecule has 1 heterocycles. The second kappa shape index (κ2) is 17.2. The van der Waals surface area contributed by atoms with E-state index in [0.717, 1.165) is 30.9 Å². The molecule has 0 spiro atoms. The summed E-state index contributed by atoms with van der Waals surface area (Å²) in [7, 11) is -2.92. The van der Waals surface area contributed by atoms with Crippen molar-refractivity contribution in [3.63, 3.8) is 0 Å². The number of esters is 2. The molecule has 7 fully saturated rings. The molecule has 8 rings (SSSR count). The monoisotopic (exact) mass is 905 g/mol. The van der Waals surface area contributed by atoms with Gasteiger partial charge in [0, 0.05) is 36.6 Å². The number of sulfone groups is 1. The third kappa shape index (κ3) is 8.38. The fourth-order valence-corrected chi connectivity index (χ4v) is 17.7. The van der Waals surface area contributed by atoms with E-state index in [1.807, 2.05) is 44.2 Å². The second-order valence-corrected chi connectivity index (χ2v) is 27.9. The van der Waals surface area contributed by atoms with Crippen molar-refractivity contribution in [1.29, 1.82) is 0 Å². The molecular weight excluding hydrogens is 817 g/mol. The smallest absolute Gasteiger partial charge is 0.309 e. The first-order valence-electron chi connectivity index (χ1n) is 26.1. The maximum Gasteiger partial charge on any atom is 0.309 e. The van der Waals surface area contributed by atoms with Crippen molar-refractivity contribution in [3.05, 3.63) is 35.9 Å². The van der Waals surface area contributed by atoms with E-state index in [4.69, 9.17) is 9.47 Å². The van der Waals surface area contributed by atoms with Gasteiger partial charge in [0.15, 0.2) is 9.84 Å². The zero-order valence-electron chi connectivity index (χ0n) is 42.0. The number of benzene rings is 1. The van der Waals surface area contributed by atoms with Crippen molar-refractivity contribution in [2.24, 2.45) is 73.9 Å². The van der Waals surface area contributed by atoms with Crippen LogP contribution in [0.25, 0.3) is 0 Å². The number of rotatable bonds is 14. The van der Waals surface area contributed by atoms with Crippen molar-refractivity contribution >= 4 is 21.8 Å². The average Bonchev–Trinajstić information content (AvgIpc) is 3.87. The molecule has 7 aliphatic rings. The molecule has 9 heteroatoms. The minimum absolute atomic E-state index is 0.129. The summed E-state index contributed by atoms with van der Waals surface area (Å²) in [6.45, 7) is 29.2. The first kappa shape index (κ1) is 48.5. The number of nitrogens with one attached hydrogen (secondary N) is 1. The lowest BCUT2D eigenvalue weighted by atomic mass is 9.37. The Morgan fingerprint density at radius 1 is 0.797 bits per heavy atom. The van der Waals surface area contributed by atoms with Crippen molar-refractivity contribution in [1.82, 2.24) is 10.2 Å². The molecule has 6 saturated carbocycles. The Balaban J connectivity index is 0.966. The Morgan fingerprint density at radius 2 is 1.47 bits per heavy atom. The molecule has 0 radical (unpaired) electrons. The highest BCUT2D eigenvalue weighted by Gasteiger charge is 2.68. The zero-order valence-corrected chi connectivity index (χ0v) is 42.8. The van der Waals surface area contributed by atoms with Crippen LogP contribution in [0.5, 0.6) is 0 Å². The summed E-state index contributed by atoms with van der Waals surface area (Å²) in [5.41, 5.74) is 1.51. The molecule has 1 N–H and O–H groups in total. The number of hydrogen-bond donors (Lipinski definition) is 1. The lowest BCUT2D eigenvalue weighted by Crippen LogP contribution is -2.65. The van der Waals surface area contributed by atoms with Gasteiger partial charge in [-0.15, -0.1) is 0 Å². The molecule has 0 bridgehead atoms. The van der Waals surface area contributed by atoms with Crippen LogP contribution in [0.15, 0.2) is 30.3 Å². The van der Waals surface area contributed by atoms with Crippen LogP contribution in [0.3, 0.4) is 0 Å². The number of ether oxygens (including phenoxy) is 2. The first-order valence-corrected chi connectivity index (χ1v) is 27.9. The second-order valence-electron chi connectivity index (χ2n) is 25.6. The van der Waals surface area contributed by atoms with Gasteiger partial charge in [-0.25, -0.2) is 8.42 Å².